The molecule has 0 aliphatic carbocycles. The van der Waals surface area contributed by atoms with Crippen molar-refractivity contribution in [3.8, 4) is 0 Å². The standard InChI is InChI=1S/C10H11N.H2O/c1-8-6-7-9-4-2-3-5-10(9)11-8;/h2-5,11H,1,6-7H2;1H2. The maximum atomic E-state index is 3.90. The van der Waals surface area contributed by atoms with Crippen LogP contribution in [0.4, 0.5) is 5.69 Å². The van der Waals surface area contributed by atoms with E-state index in [1.807, 2.05) is 6.07 Å². The summed E-state index contributed by atoms with van der Waals surface area (Å²) < 4.78 is 0. The largest absolute Gasteiger partial charge is 0.412 e. The fourth-order valence-electron chi connectivity index (χ4n) is 1.40. The lowest BCUT2D eigenvalue weighted by Crippen LogP contribution is -2.08. The minimum Gasteiger partial charge on any atom is -0.412 e. The lowest BCUT2D eigenvalue weighted by atomic mass is 10.0. The molecule has 0 saturated carbocycles. The Morgan fingerprint density at radius 2 is 1.92 bits per heavy atom. The van der Waals surface area contributed by atoms with Gasteiger partial charge in [-0.25, -0.2) is 0 Å². The Morgan fingerprint density at radius 3 is 2.75 bits per heavy atom. The number of hydrogen-bond donors (Lipinski definition) is 1. The highest BCUT2D eigenvalue weighted by Gasteiger charge is 2.08. The summed E-state index contributed by atoms with van der Waals surface area (Å²) in [5.41, 5.74) is 3.76. The Hall–Kier alpha value is -1.28. The Bertz CT molecular complexity index is 294. The molecule has 64 valence electrons. The third kappa shape index (κ3) is 1.48. The van der Waals surface area contributed by atoms with Gasteiger partial charge in [-0.15, -0.1) is 0 Å². The highest BCUT2D eigenvalue weighted by molar-refractivity contribution is 5.57. The van der Waals surface area contributed by atoms with E-state index >= 15 is 0 Å². The third-order valence-corrected chi connectivity index (χ3v) is 2.02. The highest BCUT2D eigenvalue weighted by Crippen LogP contribution is 2.24. The highest BCUT2D eigenvalue weighted by atomic mass is 16.0. The maximum Gasteiger partial charge on any atom is 0.0414 e. The number of para-hydroxylation sites is 1. The number of aryl methyl sites for hydroxylation is 1. The molecule has 1 aromatic rings. The van der Waals surface area contributed by atoms with Crippen LogP contribution in [0.5, 0.6) is 0 Å². The molecular formula is C10H13NO. The van der Waals surface area contributed by atoms with E-state index in [4.69, 9.17) is 0 Å². The average molecular weight is 163 g/mol. The number of fused-ring (bicyclic) bond motifs is 1. The van der Waals surface area contributed by atoms with Gasteiger partial charge >= 0.3 is 0 Å². The first-order chi connectivity index (χ1) is 5.36. The fraction of sp³-hybridized carbons (Fsp3) is 0.200. The van der Waals surface area contributed by atoms with E-state index < -0.39 is 0 Å². The van der Waals surface area contributed by atoms with Gasteiger partial charge in [-0.1, -0.05) is 24.8 Å². The zero-order valence-corrected chi connectivity index (χ0v) is 6.93. The molecular weight excluding hydrogens is 150 g/mol. The molecule has 2 nitrogen and oxygen atoms in total. The summed E-state index contributed by atoms with van der Waals surface area (Å²) in [7, 11) is 0. The van der Waals surface area contributed by atoms with Gasteiger partial charge in [-0.05, 0) is 24.5 Å². The lowest BCUT2D eigenvalue weighted by Gasteiger charge is -2.19. The molecule has 3 N–H and O–H groups in total. The Morgan fingerprint density at radius 1 is 1.17 bits per heavy atom. The van der Waals surface area contributed by atoms with Crippen LogP contribution in [0.25, 0.3) is 0 Å². The number of rotatable bonds is 0. The molecule has 2 rings (SSSR count). The van der Waals surface area contributed by atoms with Gasteiger partial charge in [0.05, 0.1) is 0 Å². The molecule has 1 aliphatic heterocycles. The van der Waals surface area contributed by atoms with Crippen LogP contribution in [-0.4, -0.2) is 5.48 Å². The number of anilines is 1. The van der Waals surface area contributed by atoms with Gasteiger partial charge in [-0.3, -0.25) is 0 Å². The van der Waals surface area contributed by atoms with Crippen molar-refractivity contribution in [3.05, 3.63) is 42.1 Å². The molecule has 2 heteroatoms. The van der Waals surface area contributed by atoms with Crippen LogP contribution in [0.2, 0.25) is 0 Å². The second-order valence-electron chi connectivity index (χ2n) is 2.89. The van der Waals surface area contributed by atoms with Gasteiger partial charge in [-0.2, -0.15) is 0 Å². The van der Waals surface area contributed by atoms with Gasteiger partial charge in [0.15, 0.2) is 0 Å². The summed E-state index contributed by atoms with van der Waals surface area (Å²) in [4.78, 5) is 0. The molecule has 12 heavy (non-hydrogen) atoms. The van der Waals surface area contributed by atoms with E-state index in [-0.39, 0.29) is 5.48 Å². The molecule has 1 aromatic carbocycles. The maximum absolute atomic E-state index is 3.90. The smallest absolute Gasteiger partial charge is 0.0414 e. The first-order valence-corrected chi connectivity index (χ1v) is 3.89. The summed E-state index contributed by atoms with van der Waals surface area (Å²) in [6.45, 7) is 3.90. The van der Waals surface area contributed by atoms with Crippen LogP contribution >= 0.6 is 0 Å². The minimum atomic E-state index is 0. The number of nitrogens with one attached hydrogen (secondary N) is 1. The van der Waals surface area contributed by atoms with Gasteiger partial charge in [0.1, 0.15) is 0 Å². The van der Waals surface area contributed by atoms with E-state index in [0.29, 0.717) is 0 Å². The predicted molar refractivity (Wildman–Crippen MR) is 51.1 cm³/mol. The molecule has 0 amide bonds. The molecule has 0 saturated heterocycles. The van der Waals surface area contributed by atoms with E-state index in [1.54, 1.807) is 0 Å². The lowest BCUT2D eigenvalue weighted by molar-refractivity contribution is 0.824. The SMILES string of the molecule is C=C1CCc2ccccc2N1.O. The third-order valence-electron chi connectivity index (χ3n) is 2.02. The molecule has 0 aromatic heterocycles. The first-order valence-electron chi connectivity index (χ1n) is 3.89. The average Bonchev–Trinajstić information content (AvgIpc) is 2.04. The van der Waals surface area contributed by atoms with E-state index in [2.05, 4.69) is 30.1 Å². The molecule has 0 unspecified atom stereocenters. The summed E-state index contributed by atoms with van der Waals surface area (Å²) in [6, 6.07) is 8.38. The molecule has 0 atom stereocenters. The zero-order chi connectivity index (χ0) is 7.68. The molecule has 0 fully saturated rings. The summed E-state index contributed by atoms with van der Waals surface area (Å²) in [6.07, 6.45) is 2.19. The first kappa shape index (κ1) is 8.81. The van der Waals surface area contributed by atoms with Crippen molar-refractivity contribution in [2.24, 2.45) is 0 Å². The Balaban J connectivity index is 0.000000720. The van der Waals surface area contributed by atoms with Crippen molar-refractivity contribution in [2.45, 2.75) is 12.8 Å². The zero-order valence-electron chi connectivity index (χ0n) is 6.93. The van der Waals surface area contributed by atoms with Gasteiger partial charge in [0, 0.05) is 11.4 Å². The van der Waals surface area contributed by atoms with Crippen LogP contribution in [0.1, 0.15) is 12.0 Å². The second kappa shape index (κ2) is 3.41. The summed E-state index contributed by atoms with van der Waals surface area (Å²) in [5.74, 6) is 0. The van der Waals surface area contributed by atoms with Crippen LogP contribution in [0.3, 0.4) is 0 Å². The molecule has 0 radical (unpaired) electrons. The van der Waals surface area contributed by atoms with Crippen molar-refractivity contribution in [1.29, 1.82) is 0 Å². The van der Waals surface area contributed by atoms with E-state index in [9.17, 15) is 0 Å². The van der Waals surface area contributed by atoms with E-state index in [1.165, 1.54) is 11.3 Å². The van der Waals surface area contributed by atoms with Crippen molar-refractivity contribution in [3.63, 3.8) is 0 Å². The Kier molecular flexibility index (Phi) is 2.51. The number of benzene rings is 1. The number of hydrogen-bond acceptors (Lipinski definition) is 1. The topological polar surface area (TPSA) is 43.5 Å². The summed E-state index contributed by atoms with van der Waals surface area (Å²) >= 11 is 0. The molecule has 0 spiro atoms. The number of allylic oxidation sites excluding steroid dienone is 1. The quantitative estimate of drug-likeness (QED) is 0.622. The van der Waals surface area contributed by atoms with E-state index in [0.717, 1.165) is 18.5 Å². The summed E-state index contributed by atoms with van der Waals surface area (Å²) in [5, 5.41) is 3.27. The van der Waals surface area contributed by atoms with Gasteiger partial charge < -0.3 is 10.8 Å². The van der Waals surface area contributed by atoms with Crippen molar-refractivity contribution >= 4 is 5.69 Å². The minimum absolute atomic E-state index is 0. The normalized spacial score (nSPS) is 14.2. The fourth-order valence-corrected chi connectivity index (χ4v) is 1.40. The van der Waals surface area contributed by atoms with Crippen LogP contribution in [0.15, 0.2) is 36.5 Å². The second-order valence-corrected chi connectivity index (χ2v) is 2.89. The monoisotopic (exact) mass is 163 g/mol. The van der Waals surface area contributed by atoms with Crippen molar-refractivity contribution in [1.82, 2.24) is 0 Å². The van der Waals surface area contributed by atoms with Crippen molar-refractivity contribution < 1.29 is 5.48 Å². The van der Waals surface area contributed by atoms with Crippen LogP contribution in [0, 0.1) is 0 Å². The van der Waals surface area contributed by atoms with Crippen LogP contribution in [-0.2, 0) is 6.42 Å². The van der Waals surface area contributed by atoms with Gasteiger partial charge in [0.2, 0.25) is 0 Å². The van der Waals surface area contributed by atoms with Gasteiger partial charge in [0.25, 0.3) is 0 Å². The molecule has 1 heterocycles. The predicted octanol–water partition coefficient (Wildman–Crippen LogP) is 1.73. The Labute approximate surface area is 72.2 Å². The molecule has 1 aliphatic rings. The van der Waals surface area contributed by atoms with Crippen molar-refractivity contribution in [2.75, 3.05) is 5.32 Å². The van der Waals surface area contributed by atoms with Crippen LogP contribution < -0.4 is 5.32 Å². The molecule has 0 bridgehead atoms.